The maximum absolute atomic E-state index is 2.49. The van der Waals surface area contributed by atoms with Crippen molar-refractivity contribution in [2.75, 3.05) is 0 Å². The van der Waals surface area contributed by atoms with Gasteiger partial charge < -0.3 is 24.8 Å². The largest absolute Gasteiger partial charge is 1.00 e. The normalized spacial score (nSPS) is 27.3. The molecule has 1 fully saturated rings. The number of halogens is 2. The predicted octanol–water partition coefficient (Wildman–Crippen LogP) is 1.10. The molecule has 2 aliphatic carbocycles. The summed E-state index contributed by atoms with van der Waals surface area (Å²) in [6.07, 6.45) is 6.36. The van der Waals surface area contributed by atoms with Gasteiger partial charge in [-0.25, -0.2) is 0 Å². The second kappa shape index (κ2) is 7.66. The molecule has 27 heavy (non-hydrogen) atoms. The van der Waals surface area contributed by atoms with Gasteiger partial charge in [0.15, 0.2) is 0 Å². The van der Waals surface area contributed by atoms with E-state index in [4.69, 9.17) is 0 Å². The van der Waals surface area contributed by atoms with E-state index in [1.54, 1.807) is 26.4 Å². The number of fused-ring (bicyclic) bond motifs is 2. The Morgan fingerprint density at radius 3 is 1.63 bits per heavy atom. The molecule has 0 aromatic heterocycles. The maximum Gasteiger partial charge on any atom is -1.00 e. The summed E-state index contributed by atoms with van der Waals surface area (Å²) in [4.78, 5) is 0. The van der Waals surface area contributed by atoms with Gasteiger partial charge >= 0.3 is 157 Å². The van der Waals surface area contributed by atoms with Crippen LogP contribution in [0.3, 0.4) is 0 Å². The molecule has 0 amide bonds. The third-order valence-corrected chi connectivity index (χ3v) is 23.0. The Kier molecular flexibility index (Phi) is 5.99. The molecule has 1 saturated heterocycles. The van der Waals surface area contributed by atoms with Gasteiger partial charge in [-0.3, -0.25) is 0 Å². The third kappa shape index (κ3) is 2.97. The van der Waals surface area contributed by atoms with Crippen molar-refractivity contribution in [3.05, 3.63) is 81.9 Å². The number of hydrogen-bond acceptors (Lipinski definition) is 0. The molecule has 5 rings (SSSR count). The van der Waals surface area contributed by atoms with Gasteiger partial charge in [0.05, 0.1) is 0 Å². The summed E-state index contributed by atoms with van der Waals surface area (Å²) in [6, 6.07) is 18.4. The number of benzene rings is 2. The molecular weight excluding hydrogens is 450 g/mol. The molecule has 140 valence electrons. The van der Waals surface area contributed by atoms with Crippen LogP contribution in [0.1, 0.15) is 56.7 Å². The SMILES string of the molecule is CC[CH]1[CH2][Zr+2]1([CH]1C(C)=Cc2ccccc21)[CH]1C(C)=Cc2ccccc21.[Cl-].[Cl-]. The van der Waals surface area contributed by atoms with Crippen molar-refractivity contribution >= 4 is 12.2 Å². The van der Waals surface area contributed by atoms with E-state index in [-0.39, 0.29) is 24.8 Å². The van der Waals surface area contributed by atoms with Crippen LogP contribution in [-0.4, -0.2) is 0 Å². The first-order chi connectivity index (χ1) is 12.2. The van der Waals surface area contributed by atoms with Gasteiger partial charge in [0.25, 0.3) is 0 Å². The molecule has 0 saturated carbocycles. The van der Waals surface area contributed by atoms with Crippen LogP contribution in [-0.2, 0) is 20.3 Å². The van der Waals surface area contributed by atoms with Crippen LogP contribution in [0.25, 0.3) is 12.2 Å². The smallest absolute Gasteiger partial charge is 1.00 e. The fourth-order valence-corrected chi connectivity index (χ4v) is 27.0. The van der Waals surface area contributed by atoms with Crippen molar-refractivity contribution in [1.29, 1.82) is 0 Å². The molecule has 3 aliphatic rings. The van der Waals surface area contributed by atoms with E-state index in [0.717, 1.165) is 10.9 Å². The van der Waals surface area contributed by atoms with Crippen LogP contribution >= 0.6 is 0 Å². The summed E-state index contributed by atoms with van der Waals surface area (Å²) in [7, 11) is 0. The minimum Gasteiger partial charge on any atom is -1.00 e. The van der Waals surface area contributed by atoms with E-state index in [1.165, 1.54) is 17.5 Å². The summed E-state index contributed by atoms with van der Waals surface area (Å²) in [5, 5.41) is 0. The Morgan fingerprint density at radius 2 is 1.22 bits per heavy atom. The van der Waals surface area contributed by atoms with Gasteiger partial charge in [-0.2, -0.15) is 0 Å². The predicted molar refractivity (Wildman–Crippen MR) is 105 cm³/mol. The molecule has 0 spiro atoms. The van der Waals surface area contributed by atoms with Crippen molar-refractivity contribution in [1.82, 2.24) is 0 Å². The summed E-state index contributed by atoms with van der Waals surface area (Å²) >= 11 is -2.43. The molecule has 0 bridgehead atoms. The Bertz CT molecular complexity index is 860. The quantitative estimate of drug-likeness (QED) is 0.623. The van der Waals surface area contributed by atoms with E-state index in [1.807, 2.05) is 0 Å². The van der Waals surface area contributed by atoms with Crippen molar-refractivity contribution in [2.24, 2.45) is 0 Å². The van der Waals surface area contributed by atoms with Crippen LogP contribution in [0.15, 0.2) is 59.7 Å². The number of hydrogen-bond donors (Lipinski definition) is 0. The zero-order chi connectivity index (χ0) is 17.2. The van der Waals surface area contributed by atoms with Gasteiger partial charge in [-0.15, -0.1) is 0 Å². The first-order valence-electron chi connectivity index (χ1n) is 9.71. The minimum absolute atomic E-state index is 0. The zero-order valence-corrected chi connectivity index (χ0v) is 20.1. The maximum atomic E-state index is 2.49. The van der Waals surface area contributed by atoms with E-state index < -0.39 is 20.3 Å². The van der Waals surface area contributed by atoms with Gasteiger partial charge in [0, 0.05) is 0 Å². The first kappa shape index (κ1) is 21.1. The standard InChI is InChI=1S/2C10H9.C4H8.2ClH.Zr/c2*1-8-6-9-4-2-3-5-10(9)7-8;1-3-4-2;;;/h2*2-7H,1H3;3H,1,4H2,2H3;2*1H;/q;;;;;+2/p-2. The average molecular weight is 477 g/mol. The first-order valence-corrected chi connectivity index (χ1v) is 15.7. The van der Waals surface area contributed by atoms with Crippen molar-refractivity contribution < 1.29 is 45.1 Å². The van der Waals surface area contributed by atoms with Crippen LogP contribution in [0, 0.1) is 0 Å². The average Bonchev–Trinajstić information content (AvgIpc) is 3.06. The van der Waals surface area contributed by atoms with E-state index in [9.17, 15) is 0 Å². The monoisotopic (exact) mass is 474 g/mol. The van der Waals surface area contributed by atoms with E-state index >= 15 is 0 Å². The van der Waals surface area contributed by atoms with Gasteiger partial charge in [-0.1, -0.05) is 0 Å². The number of allylic oxidation sites excluding steroid dienone is 2. The topological polar surface area (TPSA) is 0 Å². The van der Waals surface area contributed by atoms with Gasteiger partial charge in [0.1, 0.15) is 0 Å². The summed E-state index contributed by atoms with van der Waals surface area (Å²) in [5.41, 5.74) is 9.62. The van der Waals surface area contributed by atoms with Crippen molar-refractivity contribution in [3.63, 3.8) is 0 Å². The van der Waals surface area contributed by atoms with Crippen molar-refractivity contribution in [3.8, 4) is 0 Å². The van der Waals surface area contributed by atoms with Crippen LogP contribution in [0.4, 0.5) is 0 Å². The fourth-order valence-electron chi connectivity index (χ4n) is 6.15. The Hall–Kier alpha value is -0.617. The molecule has 3 heteroatoms. The Labute approximate surface area is 180 Å². The molecular formula is C24H26Cl2Zr. The van der Waals surface area contributed by atoms with Crippen LogP contribution in [0.2, 0.25) is 7.75 Å². The van der Waals surface area contributed by atoms with Crippen molar-refractivity contribution in [2.45, 2.75) is 42.2 Å². The summed E-state index contributed by atoms with van der Waals surface area (Å²) in [6.45, 7) is 7.26. The van der Waals surface area contributed by atoms with E-state index in [0.29, 0.717) is 0 Å². The molecule has 1 aliphatic heterocycles. The van der Waals surface area contributed by atoms with Crippen LogP contribution in [0.5, 0.6) is 0 Å². The minimum atomic E-state index is -2.43. The number of rotatable bonds is 3. The molecule has 3 atom stereocenters. The zero-order valence-electron chi connectivity index (χ0n) is 16.2. The Balaban J connectivity index is 0.00000105. The molecule has 3 unspecified atom stereocenters. The van der Waals surface area contributed by atoms with E-state index in [2.05, 4.69) is 81.5 Å². The second-order valence-corrected chi connectivity index (χ2v) is 19.6. The molecule has 2 aromatic rings. The molecule has 2 aromatic carbocycles. The molecule has 0 N–H and O–H groups in total. The molecule has 1 heterocycles. The molecule has 0 radical (unpaired) electrons. The third-order valence-electron chi connectivity index (χ3n) is 7.06. The fraction of sp³-hybridized carbons (Fsp3) is 0.333. The Morgan fingerprint density at radius 1 is 0.778 bits per heavy atom. The van der Waals surface area contributed by atoms with Crippen LogP contribution < -0.4 is 24.8 Å². The van der Waals surface area contributed by atoms with Gasteiger partial charge in [0.2, 0.25) is 0 Å². The summed E-state index contributed by atoms with van der Waals surface area (Å²) < 4.78 is 4.18. The van der Waals surface area contributed by atoms with Gasteiger partial charge in [-0.05, 0) is 0 Å². The molecule has 0 nitrogen and oxygen atoms in total. The summed E-state index contributed by atoms with van der Waals surface area (Å²) in [5.74, 6) is 0. The second-order valence-electron chi connectivity index (χ2n) is 8.32.